The Kier molecular flexibility index (Phi) is 3.87. The van der Waals surface area contributed by atoms with Gasteiger partial charge in [0.1, 0.15) is 0 Å². The van der Waals surface area contributed by atoms with Crippen molar-refractivity contribution in [1.82, 2.24) is 0 Å². The first-order chi connectivity index (χ1) is 9.75. The highest BCUT2D eigenvalue weighted by molar-refractivity contribution is 5.57. The van der Waals surface area contributed by atoms with E-state index < -0.39 is 0 Å². The maximum absolute atomic E-state index is 11.3. The number of nitro groups is 1. The van der Waals surface area contributed by atoms with Crippen molar-refractivity contribution >= 4 is 11.4 Å². The van der Waals surface area contributed by atoms with Crippen molar-refractivity contribution in [3.8, 4) is 0 Å². The van der Waals surface area contributed by atoms with Crippen LogP contribution in [0.3, 0.4) is 0 Å². The molecule has 0 saturated carbocycles. The summed E-state index contributed by atoms with van der Waals surface area (Å²) in [5, 5.41) is 11.3. The molecule has 3 rings (SSSR count). The van der Waals surface area contributed by atoms with E-state index in [1.54, 1.807) is 6.07 Å². The molecule has 108 valence electrons. The zero-order chi connectivity index (χ0) is 13.9. The molecular formula is C15H20N2O3. The summed E-state index contributed by atoms with van der Waals surface area (Å²) in [5.41, 5.74) is 2.29. The summed E-state index contributed by atoms with van der Waals surface area (Å²) >= 11 is 0. The van der Waals surface area contributed by atoms with Gasteiger partial charge in [0.15, 0.2) is 0 Å². The van der Waals surface area contributed by atoms with E-state index in [0.29, 0.717) is 13.2 Å². The summed E-state index contributed by atoms with van der Waals surface area (Å²) < 4.78 is 5.37. The second kappa shape index (κ2) is 5.79. The maximum Gasteiger partial charge on any atom is 0.273 e. The van der Waals surface area contributed by atoms with Crippen molar-refractivity contribution in [2.24, 2.45) is 0 Å². The van der Waals surface area contributed by atoms with Crippen molar-refractivity contribution in [3.63, 3.8) is 0 Å². The van der Waals surface area contributed by atoms with Crippen molar-refractivity contribution in [3.05, 3.63) is 33.9 Å². The minimum atomic E-state index is -0.251. The molecule has 0 unspecified atom stereocenters. The number of hydrogen-bond donors (Lipinski definition) is 0. The van der Waals surface area contributed by atoms with Gasteiger partial charge in [-0.15, -0.1) is 0 Å². The molecule has 5 nitrogen and oxygen atoms in total. The summed E-state index contributed by atoms with van der Waals surface area (Å²) in [7, 11) is 0. The molecule has 0 aromatic heterocycles. The maximum atomic E-state index is 11.3. The molecule has 0 N–H and O–H groups in total. The second-order valence-corrected chi connectivity index (χ2v) is 5.58. The highest BCUT2D eigenvalue weighted by atomic mass is 16.6. The van der Waals surface area contributed by atoms with Crippen molar-refractivity contribution in [1.29, 1.82) is 0 Å². The standard InChI is InChI=1S/C15H20N2O3/c18-17(19)15-4-3-13(16-7-1-2-8-16)11-14(15)12-5-9-20-10-6-12/h3-4,11-12H,1-2,5-10H2. The summed E-state index contributed by atoms with van der Waals surface area (Å²) in [4.78, 5) is 13.3. The van der Waals surface area contributed by atoms with Crippen molar-refractivity contribution in [2.45, 2.75) is 31.6 Å². The molecule has 0 bridgehead atoms. The SMILES string of the molecule is O=[N+]([O-])c1ccc(N2CCCC2)cc1C1CCOCC1. The van der Waals surface area contributed by atoms with Crippen LogP contribution in [0.4, 0.5) is 11.4 Å². The van der Waals surface area contributed by atoms with Gasteiger partial charge in [-0.1, -0.05) is 0 Å². The molecule has 2 aliphatic heterocycles. The highest BCUT2D eigenvalue weighted by Crippen LogP contribution is 2.36. The predicted octanol–water partition coefficient (Wildman–Crippen LogP) is 3.09. The number of ether oxygens (including phenoxy) is 1. The quantitative estimate of drug-likeness (QED) is 0.629. The minimum absolute atomic E-state index is 0.251. The van der Waals surface area contributed by atoms with Crippen LogP contribution in [-0.2, 0) is 4.74 Å². The Morgan fingerprint density at radius 1 is 1.20 bits per heavy atom. The first kappa shape index (κ1) is 13.4. The van der Waals surface area contributed by atoms with Crippen LogP contribution in [0.25, 0.3) is 0 Å². The largest absolute Gasteiger partial charge is 0.381 e. The predicted molar refractivity (Wildman–Crippen MR) is 77.3 cm³/mol. The lowest BCUT2D eigenvalue weighted by Crippen LogP contribution is -2.19. The van der Waals surface area contributed by atoms with Gasteiger partial charge in [0.25, 0.3) is 5.69 Å². The van der Waals surface area contributed by atoms with Crippen LogP contribution in [0.1, 0.15) is 37.2 Å². The van der Waals surface area contributed by atoms with Gasteiger partial charge in [-0.25, -0.2) is 0 Å². The Balaban J connectivity index is 1.93. The second-order valence-electron chi connectivity index (χ2n) is 5.58. The molecule has 0 atom stereocenters. The Labute approximate surface area is 118 Å². The van der Waals surface area contributed by atoms with Crippen LogP contribution in [-0.4, -0.2) is 31.2 Å². The molecule has 20 heavy (non-hydrogen) atoms. The molecule has 0 aliphatic carbocycles. The van der Waals surface area contributed by atoms with Gasteiger partial charge >= 0.3 is 0 Å². The van der Waals surface area contributed by atoms with E-state index in [0.717, 1.165) is 37.2 Å². The van der Waals surface area contributed by atoms with E-state index in [9.17, 15) is 10.1 Å². The van der Waals surface area contributed by atoms with Crippen LogP contribution in [0.5, 0.6) is 0 Å². The van der Waals surface area contributed by atoms with Gasteiger partial charge in [0.2, 0.25) is 0 Å². The first-order valence-electron chi connectivity index (χ1n) is 7.37. The van der Waals surface area contributed by atoms with Crippen molar-refractivity contribution < 1.29 is 9.66 Å². The first-order valence-corrected chi connectivity index (χ1v) is 7.37. The molecule has 1 aromatic rings. The van der Waals surface area contributed by atoms with Crippen LogP contribution < -0.4 is 4.90 Å². The highest BCUT2D eigenvalue weighted by Gasteiger charge is 2.26. The summed E-state index contributed by atoms with van der Waals surface area (Å²) in [6.45, 7) is 3.53. The number of nitrogens with zero attached hydrogens (tertiary/aromatic N) is 2. The fourth-order valence-corrected chi connectivity index (χ4v) is 3.22. The van der Waals surface area contributed by atoms with E-state index >= 15 is 0 Å². The molecular weight excluding hydrogens is 256 g/mol. The van der Waals surface area contributed by atoms with Gasteiger partial charge in [-0.3, -0.25) is 10.1 Å². The van der Waals surface area contributed by atoms with Gasteiger partial charge < -0.3 is 9.64 Å². The zero-order valence-corrected chi connectivity index (χ0v) is 11.6. The molecule has 2 fully saturated rings. The summed E-state index contributed by atoms with van der Waals surface area (Å²) in [6, 6.07) is 5.62. The average Bonchev–Trinajstić information content (AvgIpc) is 3.02. The smallest absolute Gasteiger partial charge is 0.273 e. The lowest BCUT2D eigenvalue weighted by atomic mass is 9.90. The Bertz CT molecular complexity index is 492. The molecule has 2 heterocycles. The van der Waals surface area contributed by atoms with Crippen LogP contribution in [0.15, 0.2) is 18.2 Å². The number of anilines is 1. The number of hydrogen-bond acceptors (Lipinski definition) is 4. The van der Waals surface area contributed by atoms with Gasteiger partial charge in [-0.2, -0.15) is 0 Å². The third-order valence-electron chi connectivity index (χ3n) is 4.34. The van der Waals surface area contributed by atoms with E-state index in [4.69, 9.17) is 4.74 Å². The number of benzene rings is 1. The van der Waals surface area contributed by atoms with E-state index in [2.05, 4.69) is 4.90 Å². The fourth-order valence-electron chi connectivity index (χ4n) is 3.22. The third kappa shape index (κ3) is 2.63. The Hall–Kier alpha value is -1.62. The van der Waals surface area contributed by atoms with Crippen LogP contribution in [0.2, 0.25) is 0 Å². The molecule has 5 heteroatoms. The summed E-state index contributed by atoms with van der Waals surface area (Å²) in [6.07, 6.45) is 4.18. The lowest BCUT2D eigenvalue weighted by Gasteiger charge is -2.24. The van der Waals surface area contributed by atoms with Gasteiger partial charge in [0, 0.05) is 43.6 Å². The minimum Gasteiger partial charge on any atom is -0.381 e. The molecule has 0 radical (unpaired) electrons. The fraction of sp³-hybridized carbons (Fsp3) is 0.600. The number of rotatable bonds is 3. The molecule has 0 amide bonds. The third-order valence-corrected chi connectivity index (χ3v) is 4.34. The Morgan fingerprint density at radius 2 is 1.90 bits per heavy atom. The van der Waals surface area contributed by atoms with Gasteiger partial charge in [-0.05, 0) is 43.7 Å². The number of nitro benzene ring substituents is 1. The summed E-state index contributed by atoms with van der Waals surface area (Å²) in [5.74, 6) is 0.256. The molecule has 1 aromatic carbocycles. The van der Waals surface area contributed by atoms with Crippen LogP contribution >= 0.6 is 0 Å². The monoisotopic (exact) mass is 276 g/mol. The van der Waals surface area contributed by atoms with E-state index in [1.165, 1.54) is 12.8 Å². The normalized spacial score (nSPS) is 20.3. The molecule has 2 saturated heterocycles. The van der Waals surface area contributed by atoms with E-state index in [-0.39, 0.29) is 16.5 Å². The zero-order valence-electron chi connectivity index (χ0n) is 11.6. The average molecular weight is 276 g/mol. The topological polar surface area (TPSA) is 55.6 Å². The Morgan fingerprint density at radius 3 is 2.55 bits per heavy atom. The molecule has 0 spiro atoms. The lowest BCUT2D eigenvalue weighted by molar-refractivity contribution is -0.385. The van der Waals surface area contributed by atoms with Crippen LogP contribution in [0, 0.1) is 10.1 Å². The van der Waals surface area contributed by atoms with E-state index in [1.807, 2.05) is 12.1 Å². The molecule has 2 aliphatic rings. The van der Waals surface area contributed by atoms with Crippen molar-refractivity contribution in [2.75, 3.05) is 31.2 Å². The van der Waals surface area contributed by atoms with Gasteiger partial charge in [0.05, 0.1) is 4.92 Å².